The van der Waals surface area contributed by atoms with Gasteiger partial charge in [0.15, 0.2) is 0 Å². The summed E-state index contributed by atoms with van der Waals surface area (Å²) in [5, 5.41) is 2.92. The lowest BCUT2D eigenvalue weighted by atomic mass is 10.1. The summed E-state index contributed by atoms with van der Waals surface area (Å²) in [6.45, 7) is 3.88. The Morgan fingerprint density at radius 2 is 1.80 bits per heavy atom. The van der Waals surface area contributed by atoms with E-state index in [1.165, 1.54) is 19.3 Å². The molecule has 30 heavy (non-hydrogen) atoms. The number of likely N-dealkylation sites (tertiary alicyclic amines) is 1. The SMILES string of the molecule is O=C(Nc1ccccc1-c1c[nH]c(=O)[nH]1)c1ccc(OCCN2CCCCC2)cc1. The number of piperidine rings is 1. The lowest BCUT2D eigenvalue weighted by Gasteiger charge is -2.26. The second-order valence-corrected chi connectivity index (χ2v) is 7.43. The highest BCUT2D eigenvalue weighted by molar-refractivity contribution is 6.06. The molecule has 1 aliphatic heterocycles. The Bertz CT molecular complexity index is 1030. The molecule has 7 heteroatoms. The summed E-state index contributed by atoms with van der Waals surface area (Å²) in [4.78, 5) is 31.8. The van der Waals surface area contributed by atoms with E-state index >= 15 is 0 Å². The summed E-state index contributed by atoms with van der Waals surface area (Å²) in [6.07, 6.45) is 5.46. The number of hydrogen-bond donors (Lipinski definition) is 3. The van der Waals surface area contributed by atoms with Crippen LogP contribution in [-0.2, 0) is 0 Å². The molecule has 4 rings (SSSR count). The first-order valence-electron chi connectivity index (χ1n) is 10.3. The molecule has 0 spiro atoms. The number of anilines is 1. The van der Waals surface area contributed by atoms with Gasteiger partial charge in [0.1, 0.15) is 12.4 Å². The van der Waals surface area contributed by atoms with Crippen LogP contribution in [0.25, 0.3) is 11.3 Å². The summed E-state index contributed by atoms with van der Waals surface area (Å²) >= 11 is 0. The molecule has 0 unspecified atom stereocenters. The standard InChI is InChI=1S/C23H26N4O3/c28-22(25-20-7-3-2-6-19(20)21-16-24-23(29)26-21)17-8-10-18(11-9-17)30-15-14-27-12-4-1-5-13-27/h2-3,6-11,16H,1,4-5,12-15H2,(H,25,28)(H2,24,26,29). The number of imidazole rings is 1. The summed E-state index contributed by atoms with van der Waals surface area (Å²) in [6, 6.07) is 14.5. The molecule has 0 radical (unpaired) electrons. The number of para-hydroxylation sites is 1. The number of benzene rings is 2. The Kier molecular flexibility index (Phi) is 6.29. The molecular weight excluding hydrogens is 380 g/mol. The summed E-state index contributed by atoms with van der Waals surface area (Å²) in [7, 11) is 0. The third-order valence-corrected chi connectivity index (χ3v) is 5.30. The predicted octanol–water partition coefficient (Wildman–Crippen LogP) is 3.49. The van der Waals surface area contributed by atoms with E-state index in [1.54, 1.807) is 24.4 Å². The van der Waals surface area contributed by atoms with Crippen LogP contribution in [0.5, 0.6) is 5.75 Å². The van der Waals surface area contributed by atoms with Crippen LogP contribution in [0.15, 0.2) is 59.5 Å². The molecule has 1 saturated heterocycles. The monoisotopic (exact) mass is 406 g/mol. The maximum Gasteiger partial charge on any atom is 0.323 e. The molecule has 2 aromatic carbocycles. The van der Waals surface area contributed by atoms with Crippen LogP contribution in [0, 0.1) is 0 Å². The largest absolute Gasteiger partial charge is 0.492 e. The number of rotatable bonds is 7. The molecule has 1 aliphatic rings. The van der Waals surface area contributed by atoms with Gasteiger partial charge in [0.25, 0.3) is 5.91 Å². The number of carbonyl (C=O) groups is 1. The van der Waals surface area contributed by atoms with Crippen molar-refractivity contribution < 1.29 is 9.53 Å². The molecule has 0 atom stereocenters. The number of nitrogens with one attached hydrogen (secondary N) is 3. The lowest BCUT2D eigenvalue weighted by molar-refractivity contribution is 0.102. The summed E-state index contributed by atoms with van der Waals surface area (Å²) < 4.78 is 5.83. The Hall–Kier alpha value is -3.32. The van der Waals surface area contributed by atoms with Crippen molar-refractivity contribution in [2.75, 3.05) is 31.6 Å². The van der Waals surface area contributed by atoms with Gasteiger partial charge in [-0.2, -0.15) is 0 Å². The van der Waals surface area contributed by atoms with Crippen molar-refractivity contribution in [2.45, 2.75) is 19.3 Å². The molecule has 0 aliphatic carbocycles. The van der Waals surface area contributed by atoms with E-state index in [0.717, 1.165) is 30.9 Å². The average Bonchev–Trinajstić information content (AvgIpc) is 3.21. The molecule has 2 heterocycles. The number of aromatic amines is 2. The Labute approximate surface area is 175 Å². The van der Waals surface area contributed by atoms with Crippen LogP contribution in [0.2, 0.25) is 0 Å². The highest BCUT2D eigenvalue weighted by atomic mass is 16.5. The second kappa shape index (κ2) is 9.45. The Morgan fingerprint density at radius 1 is 1.03 bits per heavy atom. The summed E-state index contributed by atoms with van der Waals surface area (Å²) in [5.41, 5.74) is 2.23. The number of H-pyrrole nitrogens is 2. The van der Waals surface area contributed by atoms with E-state index in [2.05, 4.69) is 20.2 Å². The first-order chi connectivity index (χ1) is 14.7. The minimum Gasteiger partial charge on any atom is -0.492 e. The molecule has 156 valence electrons. The van der Waals surface area contributed by atoms with Gasteiger partial charge in [0.2, 0.25) is 0 Å². The van der Waals surface area contributed by atoms with Crippen molar-refractivity contribution in [1.29, 1.82) is 0 Å². The predicted molar refractivity (Wildman–Crippen MR) is 117 cm³/mol. The topological polar surface area (TPSA) is 90.2 Å². The van der Waals surface area contributed by atoms with Crippen LogP contribution in [-0.4, -0.2) is 47.0 Å². The number of amides is 1. The van der Waals surface area contributed by atoms with Gasteiger partial charge in [0, 0.05) is 23.9 Å². The number of carbonyl (C=O) groups excluding carboxylic acids is 1. The van der Waals surface area contributed by atoms with E-state index in [9.17, 15) is 9.59 Å². The van der Waals surface area contributed by atoms with Crippen LogP contribution in [0.4, 0.5) is 5.69 Å². The van der Waals surface area contributed by atoms with Gasteiger partial charge in [-0.05, 0) is 56.3 Å². The lowest BCUT2D eigenvalue weighted by Crippen LogP contribution is -2.33. The molecule has 0 saturated carbocycles. The number of aromatic nitrogens is 2. The first-order valence-corrected chi connectivity index (χ1v) is 10.3. The van der Waals surface area contributed by atoms with Gasteiger partial charge in [0.05, 0.1) is 11.4 Å². The van der Waals surface area contributed by atoms with Crippen LogP contribution in [0.3, 0.4) is 0 Å². The molecule has 0 bridgehead atoms. The maximum absolute atomic E-state index is 12.7. The first kappa shape index (κ1) is 20.0. The molecule has 1 aromatic heterocycles. The third kappa shape index (κ3) is 4.99. The van der Waals surface area contributed by atoms with Gasteiger partial charge in [-0.15, -0.1) is 0 Å². The number of ether oxygens (including phenoxy) is 1. The molecule has 3 N–H and O–H groups in total. The van der Waals surface area contributed by atoms with Crippen LogP contribution < -0.4 is 15.7 Å². The number of nitrogens with zero attached hydrogens (tertiary/aromatic N) is 1. The van der Waals surface area contributed by atoms with Crippen molar-refractivity contribution >= 4 is 11.6 Å². The fourth-order valence-corrected chi connectivity index (χ4v) is 3.68. The van der Waals surface area contributed by atoms with Crippen molar-refractivity contribution in [3.63, 3.8) is 0 Å². The fraction of sp³-hybridized carbons (Fsp3) is 0.304. The molecule has 1 amide bonds. The second-order valence-electron chi connectivity index (χ2n) is 7.43. The van der Waals surface area contributed by atoms with E-state index in [0.29, 0.717) is 23.6 Å². The molecule has 1 fully saturated rings. The van der Waals surface area contributed by atoms with E-state index < -0.39 is 0 Å². The van der Waals surface area contributed by atoms with Gasteiger partial charge in [-0.1, -0.05) is 24.6 Å². The molecule has 7 nitrogen and oxygen atoms in total. The van der Waals surface area contributed by atoms with Gasteiger partial charge in [-0.25, -0.2) is 4.79 Å². The maximum atomic E-state index is 12.7. The van der Waals surface area contributed by atoms with Gasteiger partial charge < -0.3 is 20.0 Å². The highest BCUT2D eigenvalue weighted by Crippen LogP contribution is 2.26. The van der Waals surface area contributed by atoms with E-state index in [1.807, 2.05) is 30.3 Å². The average molecular weight is 406 g/mol. The Balaban J connectivity index is 1.36. The highest BCUT2D eigenvalue weighted by Gasteiger charge is 2.12. The van der Waals surface area contributed by atoms with Crippen molar-refractivity contribution in [1.82, 2.24) is 14.9 Å². The third-order valence-electron chi connectivity index (χ3n) is 5.30. The minimum atomic E-state index is -0.290. The van der Waals surface area contributed by atoms with Crippen molar-refractivity contribution in [3.8, 4) is 17.0 Å². The zero-order valence-electron chi connectivity index (χ0n) is 16.8. The zero-order valence-corrected chi connectivity index (χ0v) is 16.8. The minimum absolute atomic E-state index is 0.222. The molecular formula is C23H26N4O3. The quantitative estimate of drug-likeness (QED) is 0.560. The van der Waals surface area contributed by atoms with Crippen molar-refractivity contribution in [2.24, 2.45) is 0 Å². The van der Waals surface area contributed by atoms with Crippen molar-refractivity contribution in [3.05, 3.63) is 70.8 Å². The molecule has 3 aromatic rings. The van der Waals surface area contributed by atoms with Crippen LogP contribution >= 0.6 is 0 Å². The van der Waals surface area contributed by atoms with E-state index in [-0.39, 0.29) is 11.6 Å². The van der Waals surface area contributed by atoms with Gasteiger partial charge >= 0.3 is 5.69 Å². The smallest absolute Gasteiger partial charge is 0.323 e. The fourth-order valence-electron chi connectivity index (χ4n) is 3.68. The summed E-state index contributed by atoms with van der Waals surface area (Å²) in [5.74, 6) is 0.536. The van der Waals surface area contributed by atoms with Crippen LogP contribution in [0.1, 0.15) is 29.6 Å². The van der Waals surface area contributed by atoms with Gasteiger partial charge in [-0.3, -0.25) is 9.69 Å². The Morgan fingerprint density at radius 3 is 2.53 bits per heavy atom. The zero-order chi connectivity index (χ0) is 20.8. The normalized spacial score (nSPS) is 14.4. The van der Waals surface area contributed by atoms with E-state index in [4.69, 9.17) is 4.74 Å². The number of hydrogen-bond acceptors (Lipinski definition) is 4.